The minimum Gasteiger partial charge on any atom is -0.506 e. The van der Waals surface area contributed by atoms with Crippen molar-refractivity contribution >= 4 is 23.2 Å². The number of para-hydroxylation sites is 1. The molecule has 7 heteroatoms. The third kappa shape index (κ3) is 4.81. The highest BCUT2D eigenvalue weighted by atomic mass is 35.5. The highest BCUT2D eigenvalue weighted by Gasteiger charge is 2.11. The van der Waals surface area contributed by atoms with Crippen molar-refractivity contribution in [2.24, 2.45) is 0 Å². The van der Waals surface area contributed by atoms with Gasteiger partial charge in [0.15, 0.2) is 0 Å². The van der Waals surface area contributed by atoms with Crippen molar-refractivity contribution < 1.29 is 25.2 Å². The molecule has 6 nitrogen and oxygen atoms in total. The number of phenolic OH excluding ortho intramolecular Hbond substituents is 4. The summed E-state index contributed by atoms with van der Waals surface area (Å²) in [5, 5.41) is 39.1. The van der Waals surface area contributed by atoms with Crippen LogP contribution >= 0.6 is 11.6 Å². The van der Waals surface area contributed by atoms with Gasteiger partial charge in [0.05, 0.1) is 0 Å². The number of amides is 1. The monoisotopic (exact) mass is 373 g/mol. The van der Waals surface area contributed by atoms with Gasteiger partial charge in [0.1, 0.15) is 33.7 Å². The molecule has 5 N–H and O–H groups in total. The van der Waals surface area contributed by atoms with Crippen molar-refractivity contribution in [1.29, 1.82) is 0 Å². The Morgan fingerprint density at radius 1 is 0.692 bits per heavy atom. The molecule has 0 saturated heterocycles. The van der Waals surface area contributed by atoms with E-state index in [1.54, 1.807) is 30.3 Å². The van der Waals surface area contributed by atoms with Crippen LogP contribution < -0.4 is 5.32 Å². The number of carbonyl (C=O) groups excluding carboxylic acids is 1. The largest absolute Gasteiger partial charge is 0.506 e. The average molecular weight is 374 g/mol. The highest BCUT2D eigenvalue weighted by molar-refractivity contribution is 6.33. The maximum atomic E-state index is 11.8. The first-order valence-corrected chi connectivity index (χ1v) is 7.81. The van der Waals surface area contributed by atoms with Gasteiger partial charge in [0, 0.05) is 5.56 Å². The average Bonchev–Trinajstić information content (AvgIpc) is 2.64. The quantitative estimate of drug-likeness (QED) is 0.434. The normalized spacial score (nSPS) is 9.73. The number of hydrogen-bond acceptors (Lipinski definition) is 5. The van der Waals surface area contributed by atoms with Crippen molar-refractivity contribution in [1.82, 2.24) is 0 Å². The van der Waals surface area contributed by atoms with Gasteiger partial charge >= 0.3 is 0 Å². The lowest BCUT2D eigenvalue weighted by Crippen LogP contribution is -2.11. The van der Waals surface area contributed by atoms with Crippen LogP contribution in [-0.4, -0.2) is 26.3 Å². The zero-order chi connectivity index (χ0) is 19.1. The maximum Gasteiger partial charge on any atom is 0.255 e. The summed E-state index contributed by atoms with van der Waals surface area (Å²) in [5.74, 6) is -0.931. The van der Waals surface area contributed by atoms with Crippen molar-refractivity contribution in [3.63, 3.8) is 0 Å². The number of aromatic hydroxyl groups is 4. The molecular weight excluding hydrogens is 358 g/mol. The maximum absolute atomic E-state index is 11.8. The SMILES string of the molecule is O=C(Nc1c(O)cccc1O)c1ccccc1.Oc1cccc(O)c1Cl. The van der Waals surface area contributed by atoms with E-state index >= 15 is 0 Å². The van der Waals surface area contributed by atoms with Crippen LogP contribution in [0, 0.1) is 0 Å². The van der Waals surface area contributed by atoms with Crippen LogP contribution in [0.25, 0.3) is 0 Å². The molecule has 0 aliphatic rings. The molecule has 0 saturated carbocycles. The summed E-state index contributed by atoms with van der Waals surface area (Å²) in [6, 6.07) is 17.1. The van der Waals surface area contributed by atoms with E-state index in [1.165, 1.54) is 36.4 Å². The molecule has 3 rings (SSSR count). The van der Waals surface area contributed by atoms with Crippen LogP contribution in [0.3, 0.4) is 0 Å². The van der Waals surface area contributed by atoms with E-state index in [0.29, 0.717) is 5.56 Å². The summed E-state index contributed by atoms with van der Waals surface area (Å²) in [6.45, 7) is 0. The Labute approximate surface area is 154 Å². The third-order valence-corrected chi connectivity index (χ3v) is 3.64. The van der Waals surface area contributed by atoms with Crippen molar-refractivity contribution in [3.05, 3.63) is 77.3 Å². The molecule has 0 unspecified atom stereocenters. The van der Waals surface area contributed by atoms with E-state index in [4.69, 9.17) is 21.8 Å². The molecule has 1 amide bonds. The molecule has 0 aliphatic carbocycles. The van der Waals surface area contributed by atoms with Crippen LogP contribution in [0.4, 0.5) is 5.69 Å². The van der Waals surface area contributed by atoms with E-state index < -0.39 is 0 Å². The van der Waals surface area contributed by atoms with Gasteiger partial charge in [-0.3, -0.25) is 4.79 Å². The molecule has 0 aliphatic heterocycles. The van der Waals surface area contributed by atoms with E-state index in [1.807, 2.05) is 0 Å². The Morgan fingerprint density at radius 3 is 1.62 bits per heavy atom. The molecule has 0 aromatic heterocycles. The molecule has 3 aromatic rings. The van der Waals surface area contributed by atoms with E-state index in [0.717, 1.165) is 0 Å². The zero-order valence-corrected chi connectivity index (χ0v) is 14.2. The first-order chi connectivity index (χ1) is 12.4. The lowest BCUT2D eigenvalue weighted by Gasteiger charge is -2.08. The minimum absolute atomic E-state index is 0.00231. The number of benzene rings is 3. The Kier molecular flexibility index (Phi) is 6.30. The van der Waals surface area contributed by atoms with Crippen LogP contribution in [0.2, 0.25) is 5.02 Å². The zero-order valence-electron chi connectivity index (χ0n) is 13.4. The van der Waals surface area contributed by atoms with Gasteiger partial charge in [-0.1, -0.05) is 41.9 Å². The van der Waals surface area contributed by atoms with Crippen molar-refractivity contribution in [2.75, 3.05) is 5.32 Å². The number of phenols is 4. The van der Waals surface area contributed by atoms with Gasteiger partial charge in [-0.15, -0.1) is 0 Å². The lowest BCUT2D eigenvalue weighted by atomic mass is 10.2. The van der Waals surface area contributed by atoms with Gasteiger partial charge < -0.3 is 25.7 Å². The Morgan fingerprint density at radius 2 is 1.15 bits per heavy atom. The second kappa shape index (κ2) is 8.64. The molecular formula is C19H16ClNO5. The fourth-order valence-corrected chi connectivity index (χ4v) is 2.07. The van der Waals surface area contributed by atoms with Crippen molar-refractivity contribution in [2.45, 2.75) is 0 Å². The molecule has 0 spiro atoms. The van der Waals surface area contributed by atoms with Gasteiger partial charge in [-0.25, -0.2) is 0 Å². The number of anilines is 1. The molecule has 134 valence electrons. The van der Waals surface area contributed by atoms with Crippen LogP contribution in [-0.2, 0) is 0 Å². The first-order valence-electron chi connectivity index (χ1n) is 7.44. The number of rotatable bonds is 2. The molecule has 0 fully saturated rings. The predicted molar refractivity (Wildman–Crippen MR) is 98.9 cm³/mol. The molecule has 0 atom stereocenters. The molecule has 0 bridgehead atoms. The Bertz CT molecular complexity index is 859. The minimum atomic E-state index is -0.387. The number of hydrogen-bond donors (Lipinski definition) is 5. The first kappa shape index (κ1) is 19.0. The summed E-state index contributed by atoms with van der Waals surface area (Å²) in [5.41, 5.74) is 0.469. The molecule has 0 radical (unpaired) electrons. The molecule has 3 aromatic carbocycles. The second-order valence-corrected chi connectivity index (χ2v) is 5.48. The van der Waals surface area contributed by atoms with Gasteiger partial charge in [0.25, 0.3) is 5.91 Å². The standard InChI is InChI=1S/C13H11NO3.C6H5ClO2/c15-10-7-4-8-11(16)12(10)14-13(17)9-5-2-1-3-6-9;7-6-4(8)2-1-3-5(6)9/h1-8,15-16H,(H,14,17);1-3,8-9H. The summed E-state index contributed by atoms with van der Waals surface area (Å²) in [7, 11) is 0. The third-order valence-electron chi connectivity index (χ3n) is 3.25. The molecule has 26 heavy (non-hydrogen) atoms. The summed E-state index contributed by atoms with van der Waals surface area (Å²) in [6.07, 6.45) is 0. The van der Waals surface area contributed by atoms with Gasteiger partial charge in [-0.2, -0.15) is 0 Å². The smallest absolute Gasteiger partial charge is 0.255 e. The highest BCUT2D eigenvalue weighted by Crippen LogP contribution is 2.32. The topological polar surface area (TPSA) is 110 Å². The number of carbonyl (C=O) groups is 1. The fourth-order valence-electron chi connectivity index (χ4n) is 1.94. The Balaban J connectivity index is 0.000000228. The van der Waals surface area contributed by atoms with Gasteiger partial charge in [0.2, 0.25) is 0 Å². The summed E-state index contributed by atoms with van der Waals surface area (Å²) in [4.78, 5) is 11.8. The van der Waals surface area contributed by atoms with Crippen LogP contribution in [0.1, 0.15) is 10.4 Å². The fraction of sp³-hybridized carbons (Fsp3) is 0. The Hall–Kier alpha value is -3.38. The number of halogens is 1. The molecule has 0 heterocycles. The van der Waals surface area contributed by atoms with Crippen molar-refractivity contribution in [3.8, 4) is 23.0 Å². The second-order valence-electron chi connectivity index (χ2n) is 5.10. The van der Waals surface area contributed by atoms with Gasteiger partial charge in [-0.05, 0) is 36.4 Å². The number of nitrogens with one attached hydrogen (secondary N) is 1. The van der Waals surface area contributed by atoms with Crippen LogP contribution in [0.5, 0.6) is 23.0 Å². The lowest BCUT2D eigenvalue weighted by molar-refractivity contribution is 0.102. The predicted octanol–water partition coefficient (Wildman–Crippen LogP) is 4.10. The summed E-state index contributed by atoms with van der Waals surface area (Å²) >= 11 is 5.38. The van der Waals surface area contributed by atoms with E-state index in [-0.39, 0.29) is 39.6 Å². The van der Waals surface area contributed by atoms with Crippen LogP contribution in [0.15, 0.2) is 66.7 Å². The van der Waals surface area contributed by atoms with E-state index in [2.05, 4.69) is 5.32 Å². The van der Waals surface area contributed by atoms with E-state index in [9.17, 15) is 15.0 Å². The summed E-state index contributed by atoms with van der Waals surface area (Å²) < 4.78 is 0.